The maximum atomic E-state index is 6.71. The van der Waals surface area contributed by atoms with E-state index in [1.54, 1.807) is 0 Å². The first kappa shape index (κ1) is 39.6. The van der Waals surface area contributed by atoms with Crippen molar-refractivity contribution < 1.29 is 4.42 Å². The summed E-state index contributed by atoms with van der Waals surface area (Å²) in [6.45, 7) is 24.1. The normalized spacial score (nSPS) is 18.3. The highest BCUT2D eigenvalue weighted by Crippen LogP contribution is 2.55. The summed E-state index contributed by atoms with van der Waals surface area (Å²) in [7, 11) is 0. The van der Waals surface area contributed by atoms with Gasteiger partial charge in [0.05, 0.1) is 0 Å². The highest BCUT2D eigenvalue weighted by molar-refractivity contribution is 6.93. The van der Waals surface area contributed by atoms with Gasteiger partial charge in [-0.1, -0.05) is 134 Å². The van der Waals surface area contributed by atoms with Crippen LogP contribution in [0.25, 0.3) is 44.2 Å². The summed E-state index contributed by atoms with van der Waals surface area (Å²) in [5, 5.41) is 2.35. The second-order valence-electron chi connectivity index (χ2n) is 22.4. The molecular formula is C60H59BN2O. The molecule has 0 N–H and O–H groups in total. The molecule has 0 unspecified atom stereocenters. The van der Waals surface area contributed by atoms with Crippen molar-refractivity contribution in [3.8, 4) is 22.3 Å². The third-order valence-corrected chi connectivity index (χ3v) is 16.3. The lowest BCUT2D eigenvalue weighted by Gasteiger charge is -2.48. The topological polar surface area (TPSA) is 19.6 Å². The molecule has 12 rings (SSSR count). The zero-order valence-electron chi connectivity index (χ0n) is 39.3. The van der Waals surface area contributed by atoms with Crippen LogP contribution in [0.2, 0.25) is 0 Å². The van der Waals surface area contributed by atoms with E-state index in [4.69, 9.17) is 4.42 Å². The van der Waals surface area contributed by atoms with Crippen LogP contribution in [0.4, 0.5) is 28.4 Å². The Morgan fingerprint density at radius 1 is 0.500 bits per heavy atom. The molecule has 4 aliphatic rings. The van der Waals surface area contributed by atoms with Crippen molar-refractivity contribution in [2.24, 2.45) is 0 Å². The molecule has 0 radical (unpaired) electrons. The quantitative estimate of drug-likeness (QED) is 0.165. The lowest BCUT2D eigenvalue weighted by atomic mass is 9.43. The fraction of sp³-hybridized carbons (Fsp3) is 0.300. The van der Waals surface area contributed by atoms with Gasteiger partial charge in [0, 0.05) is 44.8 Å². The number of fused-ring (bicyclic) bond motifs is 10. The maximum absolute atomic E-state index is 6.71. The van der Waals surface area contributed by atoms with Crippen molar-refractivity contribution in [2.75, 3.05) is 9.71 Å². The molecule has 0 bridgehead atoms. The molecule has 0 atom stereocenters. The largest absolute Gasteiger partial charge is 0.456 e. The summed E-state index contributed by atoms with van der Waals surface area (Å²) in [6.07, 6.45) is 4.71. The summed E-state index contributed by atoms with van der Waals surface area (Å²) in [6, 6.07) is 49.0. The highest BCUT2D eigenvalue weighted by atomic mass is 16.3. The van der Waals surface area contributed by atoms with Crippen LogP contribution in [0.5, 0.6) is 0 Å². The number of hydrogen-bond acceptors (Lipinski definition) is 3. The monoisotopic (exact) mass is 834 g/mol. The number of rotatable bonds is 3. The van der Waals surface area contributed by atoms with Gasteiger partial charge in [0.25, 0.3) is 0 Å². The van der Waals surface area contributed by atoms with E-state index in [-0.39, 0.29) is 28.5 Å². The molecule has 7 aromatic carbocycles. The van der Waals surface area contributed by atoms with Crippen LogP contribution in [0.3, 0.4) is 0 Å². The molecule has 318 valence electrons. The average Bonchev–Trinajstić information content (AvgIpc) is 3.66. The minimum atomic E-state index is -0.102. The minimum Gasteiger partial charge on any atom is -0.456 e. The Labute approximate surface area is 380 Å². The molecule has 3 nitrogen and oxygen atoms in total. The summed E-state index contributed by atoms with van der Waals surface area (Å²) >= 11 is 0. The third kappa shape index (κ3) is 5.60. The van der Waals surface area contributed by atoms with Crippen LogP contribution in [0.15, 0.2) is 132 Å². The molecule has 0 saturated heterocycles. The Balaban J connectivity index is 1.22. The van der Waals surface area contributed by atoms with Crippen LogP contribution in [-0.4, -0.2) is 6.85 Å². The number of para-hydroxylation sites is 1. The fourth-order valence-electron chi connectivity index (χ4n) is 12.4. The number of furan rings is 1. The van der Waals surface area contributed by atoms with Crippen molar-refractivity contribution in [2.45, 2.75) is 117 Å². The Bertz CT molecular complexity index is 3270. The van der Waals surface area contributed by atoms with Gasteiger partial charge in [-0.3, -0.25) is 0 Å². The van der Waals surface area contributed by atoms with Gasteiger partial charge < -0.3 is 14.1 Å². The Kier molecular flexibility index (Phi) is 8.22. The third-order valence-electron chi connectivity index (χ3n) is 16.3. The van der Waals surface area contributed by atoms with Gasteiger partial charge >= 0.3 is 6.85 Å². The number of benzene rings is 7. The fourth-order valence-corrected chi connectivity index (χ4v) is 12.4. The van der Waals surface area contributed by atoms with Crippen LogP contribution in [0, 0.1) is 13.8 Å². The number of anilines is 5. The van der Waals surface area contributed by atoms with E-state index in [0.717, 1.165) is 23.0 Å². The molecule has 0 spiro atoms. The molecule has 0 fully saturated rings. The Morgan fingerprint density at radius 2 is 1.14 bits per heavy atom. The van der Waals surface area contributed by atoms with E-state index < -0.39 is 0 Å². The van der Waals surface area contributed by atoms with Crippen molar-refractivity contribution in [1.29, 1.82) is 0 Å². The van der Waals surface area contributed by atoms with Crippen LogP contribution < -0.4 is 20.6 Å². The van der Waals surface area contributed by atoms with Crippen molar-refractivity contribution in [3.63, 3.8) is 0 Å². The molecule has 64 heavy (non-hydrogen) atoms. The van der Waals surface area contributed by atoms with Crippen LogP contribution >= 0.6 is 0 Å². The van der Waals surface area contributed by atoms with Crippen molar-refractivity contribution >= 4 is 68.1 Å². The Morgan fingerprint density at radius 3 is 1.88 bits per heavy atom. The molecule has 1 aromatic heterocycles. The molecule has 0 amide bonds. The predicted molar refractivity (Wildman–Crippen MR) is 273 cm³/mol. The van der Waals surface area contributed by atoms with Gasteiger partial charge in [-0.2, -0.15) is 0 Å². The van der Waals surface area contributed by atoms with Crippen LogP contribution in [0.1, 0.15) is 114 Å². The lowest BCUT2D eigenvalue weighted by molar-refractivity contribution is 0.332. The first-order valence-corrected chi connectivity index (χ1v) is 23.7. The van der Waals surface area contributed by atoms with Crippen LogP contribution in [-0.2, 0) is 21.7 Å². The predicted octanol–water partition coefficient (Wildman–Crippen LogP) is 15.3. The van der Waals surface area contributed by atoms with E-state index in [1.165, 1.54) is 120 Å². The highest BCUT2D eigenvalue weighted by Gasteiger charge is 2.48. The first-order chi connectivity index (χ1) is 30.5. The van der Waals surface area contributed by atoms with Gasteiger partial charge in [-0.05, 0) is 171 Å². The lowest BCUT2D eigenvalue weighted by Crippen LogP contribution is -2.61. The number of aryl methyl sites for hydroxylation is 2. The van der Waals surface area contributed by atoms with E-state index in [2.05, 4.69) is 206 Å². The first-order valence-electron chi connectivity index (χ1n) is 23.7. The number of hydrogen-bond donors (Lipinski definition) is 0. The van der Waals surface area contributed by atoms with E-state index in [9.17, 15) is 0 Å². The smallest absolute Gasteiger partial charge is 0.333 e. The maximum Gasteiger partial charge on any atom is 0.333 e. The van der Waals surface area contributed by atoms with Crippen molar-refractivity contribution in [1.82, 2.24) is 0 Å². The molecule has 4 heteroatoms. The zero-order valence-corrected chi connectivity index (χ0v) is 39.3. The van der Waals surface area contributed by atoms with Gasteiger partial charge in [-0.25, -0.2) is 0 Å². The molecule has 8 aromatic rings. The Hall–Kier alpha value is -6.00. The van der Waals surface area contributed by atoms with Gasteiger partial charge in [-0.15, -0.1) is 0 Å². The van der Waals surface area contributed by atoms with Crippen molar-refractivity contribution in [3.05, 3.63) is 161 Å². The molecule has 0 saturated carbocycles. The van der Waals surface area contributed by atoms with Gasteiger partial charge in [0.2, 0.25) is 0 Å². The van der Waals surface area contributed by atoms with Gasteiger partial charge in [0.15, 0.2) is 0 Å². The summed E-state index contributed by atoms with van der Waals surface area (Å²) in [5.41, 5.74) is 24.6. The summed E-state index contributed by atoms with van der Waals surface area (Å²) in [5.74, 6) is 0. The second kappa shape index (κ2) is 13.3. The van der Waals surface area contributed by atoms with E-state index >= 15 is 0 Å². The van der Waals surface area contributed by atoms with E-state index in [0.29, 0.717) is 0 Å². The average molecular weight is 835 g/mol. The molecule has 3 heterocycles. The summed E-state index contributed by atoms with van der Waals surface area (Å²) in [4.78, 5) is 5.36. The molecular weight excluding hydrogens is 775 g/mol. The minimum absolute atomic E-state index is 0.0540. The van der Waals surface area contributed by atoms with Gasteiger partial charge in [0.1, 0.15) is 11.2 Å². The summed E-state index contributed by atoms with van der Waals surface area (Å²) < 4.78 is 6.71. The second-order valence-corrected chi connectivity index (χ2v) is 22.4. The zero-order chi connectivity index (χ0) is 44.2. The standard InChI is InChI=1S/C60H59BN2O/c1-36-30-42-54-49(24-25-53-55(54)41-18-14-15-19-52(41)64-53)63(40-21-22-43-45(34-40)59(7,8)27-26-57(43,3)4)61-47-33-39(38-16-12-11-13-17-38)20-23-48(47)62(51(31-36)56(42)61)50-35-46-44(32-37(50)2)58(5,6)28-29-60(46,9)10/h11-25,30-35H,26-29H2,1-10H3. The molecule has 2 aliphatic heterocycles. The number of nitrogens with zero attached hydrogens (tertiary/aromatic N) is 2. The molecule has 2 aliphatic carbocycles. The van der Waals surface area contributed by atoms with E-state index in [1.807, 2.05) is 0 Å². The SMILES string of the molecule is Cc1cc2c3c(c1)N(c1cc4c(cc1C)C(C)(C)CCC4(C)C)c1ccc(-c4ccccc4)cc1B3N(c1ccc3c(c1)C(C)(C)CCC3(C)C)c1ccc3oc4ccccc4c3c1-2.